The fourth-order valence-corrected chi connectivity index (χ4v) is 3.05. The number of thioether (sulfide) groups is 1. The van der Waals surface area contributed by atoms with E-state index < -0.39 is 0 Å². The van der Waals surface area contributed by atoms with Crippen LogP contribution in [0.4, 0.5) is 5.69 Å². The van der Waals surface area contributed by atoms with Crippen LogP contribution in [-0.4, -0.2) is 32.3 Å². The molecule has 0 saturated carbocycles. The Hall–Kier alpha value is -2.93. The molecule has 1 aromatic heterocycles. The highest BCUT2D eigenvalue weighted by Crippen LogP contribution is 2.23. The zero-order valence-corrected chi connectivity index (χ0v) is 14.4. The van der Waals surface area contributed by atoms with Gasteiger partial charge in [-0.3, -0.25) is 9.59 Å². The lowest BCUT2D eigenvalue weighted by Gasteiger charge is -2.07. The van der Waals surface area contributed by atoms with Crippen LogP contribution in [0.25, 0.3) is 11.4 Å². The van der Waals surface area contributed by atoms with E-state index in [1.54, 1.807) is 0 Å². The van der Waals surface area contributed by atoms with Crippen molar-refractivity contribution in [3.63, 3.8) is 0 Å². The molecule has 0 fully saturated rings. The maximum Gasteiger partial charge on any atom is 0.234 e. The number of amides is 1. The summed E-state index contributed by atoms with van der Waals surface area (Å²) in [6.07, 6.45) is 0. The number of carbonyl (C=O) groups excluding carboxylic acids is 2. The van der Waals surface area contributed by atoms with Crippen molar-refractivity contribution in [2.45, 2.75) is 12.1 Å². The standard InChI is InChI=1S/C18H16N4O2S/c1-13(23)22-17(14-8-4-2-5-9-14)20-21-18(22)25-12-16(24)19-15-10-6-3-7-11-15/h2-11H,12H2,1H3,(H,19,24). The SMILES string of the molecule is CC(=O)n1c(SCC(=O)Nc2ccccc2)nnc1-c1ccccc1. The van der Waals surface area contributed by atoms with E-state index in [9.17, 15) is 9.59 Å². The number of rotatable bonds is 5. The Morgan fingerprint density at radius 2 is 1.64 bits per heavy atom. The molecule has 3 aromatic rings. The van der Waals surface area contributed by atoms with E-state index in [1.165, 1.54) is 23.3 Å². The molecule has 3 rings (SSSR count). The Bertz CT molecular complexity index is 879. The molecule has 0 bridgehead atoms. The normalized spacial score (nSPS) is 10.4. The molecule has 1 amide bonds. The first-order chi connectivity index (χ1) is 12.1. The second kappa shape index (κ2) is 7.76. The molecule has 1 N–H and O–H groups in total. The maximum absolute atomic E-state index is 12.1. The molecule has 7 heteroatoms. The van der Waals surface area contributed by atoms with Gasteiger partial charge in [-0.1, -0.05) is 60.3 Å². The minimum atomic E-state index is -0.199. The van der Waals surface area contributed by atoms with Crippen molar-refractivity contribution in [1.82, 2.24) is 14.8 Å². The molecule has 0 unspecified atom stereocenters. The Kier molecular flexibility index (Phi) is 5.25. The molecular formula is C18H16N4O2S. The summed E-state index contributed by atoms with van der Waals surface area (Å²) in [4.78, 5) is 24.1. The van der Waals surface area contributed by atoms with Crippen LogP contribution in [0.15, 0.2) is 65.8 Å². The van der Waals surface area contributed by atoms with E-state index in [4.69, 9.17) is 0 Å². The number of anilines is 1. The van der Waals surface area contributed by atoms with Crippen molar-refractivity contribution in [3.8, 4) is 11.4 Å². The van der Waals surface area contributed by atoms with Crippen LogP contribution in [0.3, 0.4) is 0 Å². The molecule has 1 heterocycles. The van der Waals surface area contributed by atoms with Gasteiger partial charge < -0.3 is 5.32 Å². The molecule has 0 atom stereocenters. The summed E-state index contributed by atoms with van der Waals surface area (Å²) in [5.41, 5.74) is 1.52. The number of carbonyl (C=O) groups is 2. The van der Waals surface area contributed by atoms with Gasteiger partial charge in [-0.15, -0.1) is 10.2 Å². The van der Waals surface area contributed by atoms with Gasteiger partial charge in [-0.05, 0) is 12.1 Å². The Morgan fingerprint density at radius 3 is 2.28 bits per heavy atom. The summed E-state index contributed by atoms with van der Waals surface area (Å²) in [7, 11) is 0. The smallest absolute Gasteiger partial charge is 0.234 e. The highest BCUT2D eigenvalue weighted by Gasteiger charge is 2.18. The quantitative estimate of drug-likeness (QED) is 0.713. The van der Waals surface area contributed by atoms with E-state index in [0.717, 1.165) is 11.3 Å². The van der Waals surface area contributed by atoms with E-state index in [-0.39, 0.29) is 17.6 Å². The van der Waals surface area contributed by atoms with E-state index in [2.05, 4.69) is 15.5 Å². The van der Waals surface area contributed by atoms with Crippen LogP contribution in [0.5, 0.6) is 0 Å². The lowest BCUT2D eigenvalue weighted by Crippen LogP contribution is -2.15. The number of nitrogens with one attached hydrogen (secondary N) is 1. The third-order valence-electron chi connectivity index (χ3n) is 3.37. The van der Waals surface area contributed by atoms with Crippen LogP contribution in [-0.2, 0) is 4.79 Å². The Balaban J connectivity index is 1.74. The van der Waals surface area contributed by atoms with Gasteiger partial charge in [0.15, 0.2) is 11.0 Å². The van der Waals surface area contributed by atoms with Gasteiger partial charge in [0, 0.05) is 18.2 Å². The molecule has 126 valence electrons. The first kappa shape index (κ1) is 16.9. The third kappa shape index (κ3) is 4.13. The van der Waals surface area contributed by atoms with Crippen molar-refractivity contribution in [2.75, 3.05) is 11.1 Å². The van der Waals surface area contributed by atoms with Crippen molar-refractivity contribution < 1.29 is 9.59 Å². The molecule has 0 aliphatic carbocycles. The third-order valence-corrected chi connectivity index (χ3v) is 4.30. The van der Waals surface area contributed by atoms with Crippen LogP contribution >= 0.6 is 11.8 Å². The molecule has 0 radical (unpaired) electrons. The molecule has 0 saturated heterocycles. The summed E-state index contributed by atoms with van der Waals surface area (Å²) in [6, 6.07) is 18.6. The summed E-state index contributed by atoms with van der Waals surface area (Å²) >= 11 is 1.17. The fourth-order valence-electron chi connectivity index (χ4n) is 2.27. The van der Waals surface area contributed by atoms with Gasteiger partial charge in [-0.2, -0.15) is 0 Å². The number of nitrogens with zero attached hydrogens (tertiary/aromatic N) is 3. The number of para-hydroxylation sites is 1. The molecule has 25 heavy (non-hydrogen) atoms. The lowest BCUT2D eigenvalue weighted by molar-refractivity contribution is -0.113. The second-order valence-electron chi connectivity index (χ2n) is 5.23. The highest BCUT2D eigenvalue weighted by molar-refractivity contribution is 7.99. The summed E-state index contributed by atoms with van der Waals surface area (Å²) < 4.78 is 1.43. The molecule has 0 aliphatic heterocycles. The van der Waals surface area contributed by atoms with Crippen LogP contribution < -0.4 is 5.32 Å². The molecule has 0 aliphatic rings. The fraction of sp³-hybridized carbons (Fsp3) is 0.111. The van der Waals surface area contributed by atoms with Crippen molar-refractivity contribution >= 4 is 29.3 Å². The summed E-state index contributed by atoms with van der Waals surface area (Å²) in [5.74, 6) is 0.235. The molecule has 0 spiro atoms. The lowest BCUT2D eigenvalue weighted by atomic mass is 10.2. The van der Waals surface area contributed by atoms with Gasteiger partial charge in [0.25, 0.3) is 0 Å². The van der Waals surface area contributed by atoms with Gasteiger partial charge in [0.1, 0.15) is 0 Å². The van der Waals surface area contributed by atoms with Crippen molar-refractivity contribution in [1.29, 1.82) is 0 Å². The predicted octanol–water partition coefficient (Wildman–Crippen LogP) is 3.34. The summed E-state index contributed by atoms with van der Waals surface area (Å²) in [5, 5.41) is 11.4. The predicted molar refractivity (Wildman–Crippen MR) is 97.6 cm³/mol. The van der Waals surface area contributed by atoms with Crippen molar-refractivity contribution in [2.24, 2.45) is 0 Å². The number of hydrogen-bond acceptors (Lipinski definition) is 5. The van der Waals surface area contributed by atoms with Gasteiger partial charge in [0.2, 0.25) is 11.8 Å². The second-order valence-corrected chi connectivity index (χ2v) is 6.17. The monoisotopic (exact) mass is 352 g/mol. The van der Waals surface area contributed by atoms with Crippen LogP contribution in [0, 0.1) is 0 Å². The van der Waals surface area contributed by atoms with Crippen LogP contribution in [0.2, 0.25) is 0 Å². The maximum atomic E-state index is 12.1. The van der Waals surface area contributed by atoms with E-state index >= 15 is 0 Å². The van der Waals surface area contributed by atoms with Crippen molar-refractivity contribution in [3.05, 3.63) is 60.7 Å². The van der Waals surface area contributed by atoms with Crippen LogP contribution in [0.1, 0.15) is 11.7 Å². The number of aromatic nitrogens is 3. The molecular weight excluding hydrogens is 336 g/mol. The molecule has 6 nitrogen and oxygen atoms in total. The van der Waals surface area contributed by atoms with E-state index in [0.29, 0.717) is 11.0 Å². The zero-order valence-electron chi connectivity index (χ0n) is 13.5. The molecule has 2 aromatic carbocycles. The highest BCUT2D eigenvalue weighted by atomic mass is 32.2. The van der Waals surface area contributed by atoms with Gasteiger partial charge in [0.05, 0.1) is 5.75 Å². The minimum Gasteiger partial charge on any atom is -0.325 e. The first-order valence-corrected chi connectivity index (χ1v) is 8.63. The van der Waals surface area contributed by atoms with E-state index in [1.807, 2.05) is 60.7 Å². The van der Waals surface area contributed by atoms with Gasteiger partial charge in [-0.25, -0.2) is 4.57 Å². The zero-order chi connectivity index (χ0) is 17.6. The van der Waals surface area contributed by atoms with Gasteiger partial charge >= 0.3 is 0 Å². The largest absolute Gasteiger partial charge is 0.325 e. The average Bonchev–Trinajstić information content (AvgIpc) is 3.06. The average molecular weight is 352 g/mol. The summed E-state index contributed by atoms with van der Waals surface area (Å²) in [6.45, 7) is 1.45. The number of hydrogen-bond donors (Lipinski definition) is 1. The first-order valence-electron chi connectivity index (χ1n) is 7.64. The Morgan fingerprint density at radius 1 is 1.00 bits per heavy atom. The Labute approximate surface area is 149 Å². The number of benzene rings is 2. The topological polar surface area (TPSA) is 76.9 Å². The minimum absolute atomic E-state index is 0.134.